The molecular formula is C18H16F6N6O. The molecule has 2 N–H and O–H groups in total. The summed E-state index contributed by atoms with van der Waals surface area (Å²) in [7, 11) is 0. The number of hydrogen-bond donors (Lipinski definition) is 2. The number of hydrogen-bond acceptors (Lipinski definition) is 5. The lowest BCUT2D eigenvalue weighted by atomic mass is 10.2. The SMILES string of the molecule is O=C(NCC(F)(F)F)[C@H]1C[C@H](F)CN1c1nc(-c2c[nH]c3ncc(F)cc23)ncc1F.[HH]. The molecule has 0 saturated carbocycles. The Kier molecular flexibility index (Phi) is 5.19. The number of carbonyl (C=O) groups is 1. The molecule has 4 heterocycles. The normalized spacial score (nSPS) is 19.2. The average molecular weight is 446 g/mol. The molecule has 31 heavy (non-hydrogen) atoms. The Balaban J connectivity index is 0.00000289. The zero-order valence-electron chi connectivity index (χ0n) is 15.6. The first-order chi connectivity index (χ1) is 14.6. The lowest BCUT2D eigenvalue weighted by Gasteiger charge is -2.25. The third kappa shape index (κ3) is 4.25. The zero-order chi connectivity index (χ0) is 22.3. The Morgan fingerprint density at radius 2 is 2.06 bits per heavy atom. The van der Waals surface area contributed by atoms with Gasteiger partial charge in [-0.2, -0.15) is 13.2 Å². The standard InChI is InChI=1S/C18H14F6N6O.H2/c19-8-1-10-11(4-26-14(10)25-3-8)15-27-5-12(21)16(29-15)30-6-9(20)2-13(30)17(31)28-7-18(22,23)24;/h1,3-5,9,13H,2,6-7H2,(H,25,26)(H,28,31);1H/t9-,13+;/m0./s1. The summed E-state index contributed by atoms with van der Waals surface area (Å²) in [5.41, 5.74) is 0.595. The van der Waals surface area contributed by atoms with Gasteiger partial charge in [0.15, 0.2) is 17.5 Å². The molecule has 0 radical (unpaired) electrons. The lowest BCUT2D eigenvalue weighted by Crippen LogP contribution is -2.46. The second kappa shape index (κ2) is 7.71. The van der Waals surface area contributed by atoms with Gasteiger partial charge >= 0.3 is 6.18 Å². The number of halogens is 6. The summed E-state index contributed by atoms with van der Waals surface area (Å²) in [5.74, 6) is -3.23. The highest BCUT2D eigenvalue weighted by atomic mass is 19.4. The highest BCUT2D eigenvalue weighted by molar-refractivity contribution is 5.92. The number of alkyl halides is 4. The molecule has 3 aromatic rings. The molecule has 0 spiro atoms. The van der Waals surface area contributed by atoms with Gasteiger partial charge in [0.2, 0.25) is 5.91 Å². The molecule has 3 aromatic heterocycles. The Bertz CT molecular complexity index is 1140. The number of H-pyrrole nitrogens is 1. The molecule has 0 bridgehead atoms. The van der Waals surface area contributed by atoms with Crippen molar-refractivity contribution < 1.29 is 32.6 Å². The Morgan fingerprint density at radius 1 is 1.29 bits per heavy atom. The van der Waals surface area contributed by atoms with Crippen LogP contribution >= 0.6 is 0 Å². The van der Waals surface area contributed by atoms with Crippen LogP contribution < -0.4 is 10.2 Å². The van der Waals surface area contributed by atoms with Crippen LogP contribution in [0, 0.1) is 11.6 Å². The predicted octanol–water partition coefficient (Wildman–Crippen LogP) is 3.14. The number of rotatable bonds is 4. The second-order valence-corrected chi connectivity index (χ2v) is 6.95. The first kappa shape index (κ1) is 20.9. The number of pyridine rings is 1. The molecule has 0 aliphatic carbocycles. The molecule has 13 heteroatoms. The van der Waals surface area contributed by atoms with E-state index < -0.39 is 61.3 Å². The zero-order valence-corrected chi connectivity index (χ0v) is 15.6. The van der Waals surface area contributed by atoms with Crippen molar-refractivity contribution in [1.29, 1.82) is 0 Å². The molecule has 7 nitrogen and oxygen atoms in total. The number of amides is 1. The van der Waals surface area contributed by atoms with E-state index in [4.69, 9.17) is 0 Å². The van der Waals surface area contributed by atoms with Gasteiger partial charge in [0, 0.05) is 25.0 Å². The van der Waals surface area contributed by atoms with Crippen LogP contribution in [-0.4, -0.2) is 57.3 Å². The van der Waals surface area contributed by atoms with E-state index in [0.717, 1.165) is 17.3 Å². The molecule has 1 aliphatic heterocycles. The van der Waals surface area contributed by atoms with E-state index in [-0.39, 0.29) is 12.8 Å². The summed E-state index contributed by atoms with van der Waals surface area (Å²) in [4.78, 5) is 27.7. The molecule has 1 amide bonds. The summed E-state index contributed by atoms with van der Waals surface area (Å²) < 4.78 is 79.4. The number of anilines is 1. The third-order valence-electron chi connectivity index (χ3n) is 4.75. The first-order valence-electron chi connectivity index (χ1n) is 9.03. The van der Waals surface area contributed by atoms with Crippen LogP contribution in [0.25, 0.3) is 22.4 Å². The maximum Gasteiger partial charge on any atom is 0.405 e. The summed E-state index contributed by atoms with van der Waals surface area (Å²) in [5, 5.41) is 1.99. The topological polar surface area (TPSA) is 86.8 Å². The van der Waals surface area contributed by atoms with Gasteiger partial charge in [-0.3, -0.25) is 4.79 Å². The molecule has 4 rings (SSSR count). The highest BCUT2D eigenvalue weighted by Gasteiger charge is 2.40. The number of nitrogens with one attached hydrogen (secondary N) is 2. The van der Waals surface area contributed by atoms with Crippen molar-refractivity contribution >= 4 is 22.8 Å². The highest BCUT2D eigenvalue weighted by Crippen LogP contribution is 2.31. The average Bonchev–Trinajstić information content (AvgIpc) is 3.29. The van der Waals surface area contributed by atoms with Crippen LogP contribution in [0.5, 0.6) is 0 Å². The lowest BCUT2D eigenvalue weighted by molar-refractivity contribution is -0.139. The number of aromatic amines is 1. The number of fused-ring (bicyclic) bond motifs is 1. The Labute approximate surface area is 172 Å². The van der Waals surface area contributed by atoms with Crippen LogP contribution in [0.15, 0.2) is 24.7 Å². The molecule has 1 saturated heterocycles. The van der Waals surface area contributed by atoms with E-state index >= 15 is 0 Å². The van der Waals surface area contributed by atoms with Gasteiger partial charge in [-0.1, -0.05) is 0 Å². The van der Waals surface area contributed by atoms with Gasteiger partial charge in [0.1, 0.15) is 30.2 Å². The first-order valence-corrected chi connectivity index (χ1v) is 9.03. The predicted molar refractivity (Wildman–Crippen MR) is 98.9 cm³/mol. The molecular weight excluding hydrogens is 430 g/mol. The van der Waals surface area contributed by atoms with Crippen molar-refractivity contribution in [2.24, 2.45) is 0 Å². The second-order valence-electron chi connectivity index (χ2n) is 6.95. The van der Waals surface area contributed by atoms with E-state index in [9.17, 15) is 31.1 Å². The van der Waals surface area contributed by atoms with E-state index in [0.29, 0.717) is 11.0 Å². The van der Waals surface area contributed by atoms with E-state index in [1.165, 1.54) is 12.3 Å². The smallest absolute Gasteiger partial charge is 0.345 e. The van der Waals surface area contributed by atoms with Crippen LogP contribution in [0.4, 0.5) is 32.2 Å². The number of carbonyl (C=O) groups excluding carboxylic acids is 1. The van der Waals surface area contributed by atoms with Gasteiger partial charge < -0.3 is 15.2 Å². The van der Waals surface area contributed by atoms with Crippen LogP contribution in [0.1, 0.15) is 7.85 Å². The van der Waals surface area contributed by atoms with E-state index in [1.54, 1.807) is 5.32 Å². The fourth-order valence-electron chi connectivity index (χ4n) is 3.42. The molecule has 166 valence electrons. The molecule has 1 fully saturated rings. The van der Waals surface area contributed by atoms with Crippen LogP contribution in [-0.2, 0) is 4.79 Å². The minimum atomic E-state index is -4.65. The molecule has 0 unspecified atom stereocenters. The summed E-state index contributed by atoms with van der Waals surface area (Å²) >= 11 is 0. The van der Waals surface area contributed by atoms with Crippen molar-refractivity contribution in [1.82, 2.24) is 25.3 Å². The van der Waals surface area contributed by atoms with Gasteiger partial charge in [-0.25, -0.2) is 28.1 Å². The monoisotopic (exact) mass is 446 g/mol. The minimum absolute atomic E-state index is 0. The van der Waals surface area contributed by atoms with Gasteiger partial charge in [0.05, 0.1) is 18.9 Å². The fraction of sp³-hybridized carbons (Fsp3) is 0.333. The van der Waals surface area contributed by atoms with Gasteiger partial charge in [-0.15, -0.1) is 0 Å². The summed E-state index contributed by atoms with van der Waals surface area (Å²) in [6, 6.07) is -0.224. The van der Waals surface area contributed by atoms with Crippen molar-refractivity contribution in [3.05, 3.63) is 36.3 Å². The molecule has 2 atom stereocenters. The Hall–Kier alpha value is -3.38. The summed E-state index contributed by atoms with van der Waals surface area (Å²) in [6.07, 6.45) is -3.45. The van der Waals surface area contributed by atoms with Crippen LogP contribution in [0.2, 0.25) is 0 Å². The van der Waals surface area contributed by atoms with E-state index in [1.807, 2.05) is 0 Å². The van der Waals surface area contributed by atoms with Gasteiger partial charge in [-0.05, 0) is 6.07 Å². The quantitative estimate of drug-likeness (QED) is 0.602. The van der Waals surface area contributed by atoms with Crippen molar-refractivity contribution in [2.75, 3.05) is 18.0 Å². The number of aromatic nitrogens is 4. The Morgan fingerprint density at radius 3 is 2.81 bits per heavy atom. The maximum atomic E-state index is 14.5. The molecule has 0 aromatic carbocycles. The van der Waals surface area contributed by atoms with Gasteiger partial charge in [0.25, 0.3) is 0 Å². The minimum Gasteiger partial charge on any atom is -0.345 e. The fourth-order valence-corrected chi connectivity index (χ4v) is 3.42. The molecule has 1 aliphatic rings. The number of nitrogens with zero attached hydrogens (tertiary/aromatic N) is 4. The maximum absolute atomic E-state index is 14.5. The van der Waals surface area contributed by atoms with Crippen molar-refractivity contribution in [3.63, 3.8) is 0 Å². The van der Waals surface area contributed by atoms with Crippen molar-refractivity contribution in [3.8, 4) is 11.4 Å². The van der Waals surface area contributed by atoms with E-state index in [2.05, 4.69) is 19.9 Å². The largest absolute Gasteiger partial charge is 0.405 e. The summed E-state index contributed by atoms with van der Waals surface area (Å²) in [6.45, 7) is -2.04. The third-order valence-corrected chi connectivity index (χ3v) is 4.75. The van der Waals surface area contributed by atoms with Crippen LogP contribution in [0.3, 0.4) is 0 Å². The van der Waals surface area contributed by atoms with Crippen molar-refractivity contribution in [2.45, 2.75) is 24.8 Å².